The van der Waals surface area contributed by atoms with Gasteiger partial charge in [0.15, 0.2) is 0 Å². The van der Waals surface area contributed by atoms with Gasteiger partial charge < -0.3 is 9.84 Å². The molecule has 1 atom stereocenters. The molecule has 0 saturated heterocycles. The molecular weight excluding hydrogens is 372 g/mol. The van der Waals surface area contributed by atoms with Crippen molar-refractivity contribution in [3.05, 3.63) is 53.9 Å². The van der Waals surface area contributed by atoms with Gasteiger partial charge in [-0.05, 0) is 57.5 Å². The van der Waals surface area contributed by atoms with Crippen molar-refractivity contribution in [2.45, 2.75) is 45.8 Å². The third kappa shape index (κ3) is 4.37. The number of pyridine rings is 1. The SMILES string of the molecule is CCC(c1[nH]nc2ccc(C(=O)O)cc12)N(C(=O)OC(C)(C)C)c1ccccn1. The lowest BCUT2D eigenvalue weighted by molar-refractivity contribution is 0.0561. The number of aromatic nitrogens is 3. The van der Waals surface area contributed by atoms with Crippen LogP contribution in [0.2, 0.25) is 0 Å². The number of benzene rings is 1. The Labute approximate surface area is 168 Å². The van der Waals surface area contributed by atoms with Crippen LogP contribution in [0, 0.1) is 0 Å². The first kappa shape index (κ1) is 20.3. The smallest absolute Gasteiger partial charge is 0.416 e. The number of aromatic carboxylic acids is 1. The summed E-state index contributed by atoms with van der Waals surface area (Å²) in [6.07, 6.45) is 1.59. The minimum Gasteiger partial charge on any atom is -0.478 e. The zero-order chi connectivity index (χ0) is 21.2. The summed E-state index contributed by atoms with van der Waals surface area (Å²) in [6, 6.07) is 9.51. The maximum Gasteiger partial charge on any atom is 0.416 e. The molecule has 0 saturated carbocycles. The van der Waals surface area contributed by atoms with Gasteiger partial charge in [-0.15, -0.1) is 0 Å². The summed E-state index contributed by atoms with van der Waals surface area (Å²) in [5, 5.41) is 17.2. The maximum absolute atomic E-state index is 13.1. The van der Waals surface area contributed by atoms with Crippen LogP contribution in [0.25, 0.3) is 10.9 Å². The molecule has 3 aromatic rings. The van der Waals surface area contributed by atoms with Gasteiger partial charge in [-0.1, -0.05) is 13.0 Å². The average molecular weight is 396 g/mol. The van der Waals surface area contributed by atoms with Crippen LogP contribution in [0.15, 0.2) is 42.6 Å². The van der Waals surface area contributed by atoms with Crippen molar-refractivity contribution in [1.82, 2.24) is 15.2 Å². The molecule has 8 heteroatoms. The average Bonchev–Trinajstić information content (AvgIpc) is 3.08. The third-order valence-electron chi connectivity index (χ3n) is 4.35. The van der Waals surface area contributed by atoms with Crippen LogP contribution in [0.3, 0.4) is 0 Å². The van der Waals surface area contributed by atoms with E-state index in [0.717, 1.165) is 0 Å². The number of ether oxygens (including phenoxy) is 1. The summed E-state index contributed by atoms with van der Waals surface area (Å²) in [5.41, 5.74) is 0.710. The maximum atomic E-state index is 13.1. The lowest BCUT2D eigenvalue weighted by atomic mass is 10.0. The number of nitrogens with zero attached hydrogens (tertiary/aromatic N) is 3. The van der Waals surface area contributed by atoms with Crippen molar-refractivity contribution in [2.24, 2.45) is 0 Å². The fraction of sp³-hybridized carbons (Fsp3) is 0.333. The van der Waals surface area contributed by atoms with E-state index in [1.54, 1.807) is 57.3 Å². The van der Waals surface area contributed by atoms with E-state index in [1.165, 1.54) is 11.0 Å². The number of anilines is 1. The number of carboxylic acid groups (broad SMARTS) is 1. The number of amides is 1. The van der Waals surface area contributed by atoms with Crippen LogP contribution in [-0.4, -0.2) is 38.0 Å². The summed E-state index contributed by atoms with van der Waals surface area (Å²) in [5.74, 6) is -0.591. The quantitative estimate of drug-likeness (QED) is 0.655. The first-order valence-corrected chi connectivity index (χ1v) is 9.36. The summed E-state index contributed by atoms with van der Waals surface area (Å²) < 4.78 is 5.63. The van der Waals surface area contributed by atoms with E-state index in [4.69, 9.17) is 4.74 Å². The molecule has 0 aliphatic heterocycles. The lowest BCUT2D eigenvalue weighted by Gasteiger charge is -2.32. The minimum absolute atomic E-state index is 0.150. The topological polar surface area (TPSA) is 108 Å². The van der Waals surface area contributed by atoms with Crippen molar-refractivity contribution in [1.29, 1.82) is 0 Å². The predicted octanol–water partition coefficient (Wildman–Crippen LogP) is 4.55. The Kier molecular flexibility index (Phi) is 5.54. The van der Waals surface area contributed by atoms with E-state index in [2.05, 4.69) is 15.2 Å². The Morgan fingerprint density at radius 2 is 2.00 bits per heavy atom. The second-order valence-electron chi connectivity index (χ2n) is 7.64. The minimum atomic E-state index is -1.03. The summed E-state index contributed by atoms with van der Waals surface area (Å²) in [6.45, 7) is 7.33. The van der Waals surface area contributed by atoms with E-state index >= 15 is 0 Å². The number of fused-ring (bicyclic) bond motifs is 1. The highest BCUT2D eigenvalue weighted by molar-refractivity contribution is 5.95. The summed E-state index contributed by atoms with van der Waals surface area (Å²) >= 11 is 0. The number of aromatic amines is 1. The highest BCUT2D eigenvalue weighted by Gasteiger charge is 2.32. The van der Waals surface area contributed by atoms with Crippen LogP contribution in [0.4, 0.5) is 10.6 Å². The Morgan fingerprint density at radius 1 is 1.24 bits per heavy atom. The van der Waals surface area contributed by atoms with Gasteiger partial charge in [0.05, 0.1) is 22.8 Å². The first-order chi connectivity index (χ1) is 13.7. The van der Waals surface area contributed by atoms with E-state index in [-0.39, 0.29) is 5.56 Å². The molecule has 0 fully saturated rings. The number of carboxylic acids is 1. The molecule has 2 heterocycles. The molecule has 8 nitrogen and oxygen atoms in total. The van der Waals surface area contributed by atoms with Gasteiger partial charge in [-0.3, -0.25) is 10.00 Å². The molecule has 152 valence electrons. The molecule has 1 aromatic carbocycles. The molecular formula is C21H24N4O4. The number of hydrogen-bond donors (Lipinski definition) is 2. The first-order valence-electron chi connectivity index (χ1n) is 9.36. The molecule has 0 aliphatic carbocycles. The van der Waals surface area contributed by atoms with Crippen LogP contribution < -0.4 is 4.90 Å². The van der Waals surface area contributed by atoms with Crippen LogP contribution >= 0.6 is 0 Å². The number of H-pyrrole nitrogens is 1. The third-order valence-corrected chi connectivity index (χ3v) is 4.35. The second-order valence-corrected chi connectivity index (χ2v) is 7.64. The van der Waals surface area contributed by atoms with Crippen molar-refractivity contribution in [3.8, 4) is 0 Å². The van der Waals surface area contributed by atoms with Crippen molar-refractivity contribution in [3.63, 3.8) is 0 Å². The van der Waals surface area contributed by atoms with Crippen molar-refractivity contribution < 1.29 is 19.4 Å². The molecule has 0 radical (unpaired) electrons. The number of carbonyl (C=O) groups is 2. The lowest BCUT2D eigenvalue weighted by Crippen LogP contribution is -2.40. The molecule has 2 N–H and O–H groups in total. The fourth-order valence-electron chi connectivity index (χ4n) is 3.12. The predicted molar refractivity (Wildman–Crippen MR) is 109 cm³/mol. The van der Waals surface area contributed by atoms with Gasteiger partial charge >= 0.3 is 12.1 Å². The molecule has 0 aliphatic rings. The van der Waals surface area contributed by atoms with E-state index in [1.807, 2.05) is 6.92 Å². The normalized spacial score (nSPS) is 12.6. The Morgan fingerprint density at radius 3 is 2.59 bits per heavy atom. The van der Waals surface area contributed by atoms with Crippen molar-refractivity contribution in [2.75, 3.05) is 4.90 Å². The second kappa shape index (κ2) is 7.90. The van der Waals surface area contributed by atoms with Gasteiger partial charge in [-0.2, -0.15) is 5.10 Å². The molecule has 2 aromatic heterocycles. The van der Waals surface area contributed by atoms with Gasteiger partial charge in [0, 0.05) is 11.6 Å². The molecule has 0 spiro atoms. The molecule has 0 bridgehead atoms. The number of rotatable bonds is 5. The Hall–Kier alpha value is -3.42. The molecule has 1 amide bonds. The zero-order valence-electron chi connectivity index (χ0n) is 16.8. The largest absolute Gasteiger partial charge is 0.478 e. The standard InChI is InChI=1S/C21H24N4O4/c1-5-16(18-14-12-13(19(26)27)9-10-15(14)23-24-18)25(17-8-6-7-11-22-17)20(28)29-21(2,3)4/h6-12,16H,5H2,1-4H3,(H,23,24)(H,26,27). The van der Waals surface area contributed by atoms with Crippen molar-refractivity contribution >= 4 is 28.8 Å². The van der Waals surface area contributed by atoms with Gasteiger partial charge in [0.2, 0.25) is 0 Å². The highest BCUT2D eigenvalue weighted by atomic mass is 16.6. The molecule has 1 unspecified atom stereocenters. The van der Waals surface area contributed by atoms with E-state index < -0.39 is 23.7 Å². The van der Waals surface area contributed by atoms with Crippen LogP contribution in [0.5, 0.6) is 0 Å². The van der Waals surface area contributed by atoms with Crippen LogP contribution in [0.1, 0.15) is 56.2 Å². The monoisotopic (exact) mass is 396 g/mol. The Bertz CT molecular complexity index is 1020. The molecule has 29 heavy (non-hydrogen) atoms. The summed E-state index contributed by atoms with van der Waals surface area (Å²) in [4.78, 5) is 30.3. The fourth-order valence-corrected chi connectivity index (χ4v) is 3.12. The number of nitrogens with one attached hydrogen (secondary N) is 1. The van der Waals surface area contributed by atoms with Crippen LogP contribution in [-0.2, 0) is 4.74 Å². The van der Waals surface area contributed by atoms with Gasteiger partial charge in [0.25, 0.3) is 0 Å². The highest BCUT2D eigenvalue weighted by Crippen LogP contribution is 2.33. The Balaban J connectivity index is 2.13. The zero-order valence-corrected chi connectivity index (χ0v) is 16.8. The van der Waals surface area contributed by atoms with Gasteiger partial charge in [0.1, 0.15) is 11.4 Å². The number of hydrogen-bond acceptors (Lipinski definition) is 5. The van der Waals surface area contributed by atoms with E-state index in [9.17, 15) is 14.7 Å². The summed E-state index contributed by atoms with van der Waals surface area (Å²) in [7, 11) is 0. The molecule has 3 rings (SSSR count). The van der Waals surface area contributed by atoms with E-state index in [0.29, 0.717) is 28.8 Å². The van der Waals surface area contributed by atoms with Gasteiger partial charge in [-0.25, -0.2) is 14.6 Å². The number of carbonyl (C=O) groups excluding carboxylic acids is 1.